The van der Waals surface area contributed by atoms with Crippen molar-refractivity contribution in [3.8, 4) is 0 Å². The summed E-state index contributed by atoms with van der Waals surface area (Å²) in [5.74, 6) is -0.974. The minimum absolute atomic E-state index is 0.110. The Morgan fingerprint density at radius 2 is 1.91 bits per heavy atom. The highest BCUT2D eigenvalue weighted by Gasteiger charge is 2.33. The molecule has 1 N–H and O–H groups in total. The van der Waals surface area contributed by atoms with Crippen molar-refractivity contribution in [3.63, 3.8) is 0 Å². The molecule has 1 aliphatic rings. The molecule has 0 bridgehead atoms. The molecule has 5 nitrogen and oxygen atoms in total. The van der Waals surface area contributed by atoms with Crippen molar-refractivity contribution in [3.05, 3.63) is 57.3 Å². The number of thiophene rings is 1. The maximum absolute atomic E-state index is 12.3. The van der Waals surface area contributed by atoms with E-state index in [1.54, 1.807) is 17.4 Å². The summed E-state index contributed by atoms with van der Waals surface area (Å²) in [6.07, 6.45) is 0. The molecule has 22 heavy (non-hydrogen) atoms. The van der Waals surface area contributed by atoms with Crippen LogP contribution in [0, 0.1) is 0 Å². The van der Waals surface area contributed by atoms with E-state index in [1.807, 2.05) is 24.4 Å². The number of imide groups is 1. The minimum atomic E-state index is -0.374. The second kappa shape index (κ2) is 5.38. The summed E-state index contributed by atoms with van der Waals surface area (Å²) in [7, 11) is 1.43. The molecule has 0 spiro atoms. The molecule has 2 heterocycles. The highest BCUT2D eigenvalue weighted by Crippen LogP contribution is 2.23. The molecule has 0 saturated carbocycles. The fourth-order valence-electron chi connectivity index (χ4n) is 2.39. The Morgan fingerprint density at radius 3 is 2.59 bits per heavy atom. The van der Waals surface area contributed by atoms with Crippen LogP contribution in [0.3, 0.4) is 0 Å². The van der Waals surface area contributed by atoms with Gasteiger partial charge in [-0.3, -0.25) is 19.3 Å². The molecule has 1 atom stereocenters. The van der Waals surface area contributed by atoms with Crippen molar-refractivity contribution in [2.24, 2.45) is 0 Å². The number of carbonyl (C=O) groups is 3. The molecule has 1 aromatic carbocycles. The Balaban J connectivity index is 1.83. The third kappa shape index (κ3) is 2.31. The molecule has 0 radical (unpaired) electrons. The summed E-state index contributed by atoms with van der Waals surface area (Å²) in [6.45, 7) is 1.90. The Labute approximate surface area is 131 Å². The summed E-state index contributed by atoms with van der Waals surface area (Å²) in [5, 5.41) is 4.84. The topological polar surface area (TPSA) is 66.5 Å². The maximum Gasteiger partial charge on any atom is 0.261 e. The number of benzene rings is 1. The van der Waals surface area contributed by atoms with Crippen molar-refractivity contribution in [2.45, 2.75) is 13.0 Å². The molecule has 1 aliphatic heterocycles. The van der Waals surface area contributed by atoms with E-state index >= 15 is 0 Å². The summed E-state index contributed by atoms with van der Waals surface area (Å²) in [4.78, 5) is 38.2. The van der Waals surface area contributed by atoms with Gasteiger partial charge in [0.25, 0.3) is 17.7 Å². The summed E-state index contributed by atoms with van der Waals surface area (Å²) in [6, 6.07) is 8.35. The lowest BCUT2D eigenvalue weighted by atomic mass is 10.0. The van der Waals surface area contributed by atoms with E-state index in [9.17, 15) is 14.4 Å². The Hall–Kier alpha value is -2.47. The maximum atomic E-state index is 12.3. The molecule has 6 heteroatoms. The summed E-state index contributed by atoms with van der Waals surface area (Å²) < 4.78 is 0. The molecular weight excluding hydrogens is 300 g/mol. The van der Waals surface area contributed by atoms with Crippen LogP contribution in [0.1, 0.15) is 48.9 Å². The monoisotopic (exact) mass is 314 g/mol. The second-order valence-corrected chi connectivity index (χ2v) is 6.12. The van der Waals surface area contributed by atoms with Crippen LogP contribution >= 0.6 is 11.3 Å². The highest BCUT2D eigenvalue weighted by molar-refractivity contribution is 7.10. The van der Waals surface area contributed by atoms with Gasteiger partial charge in [0.15, 0.2) is 0 Å². The Morgan fingerprint density at radius 1 is 1.18 bits per heavy atom. The van der Waals surface area contributed by atoms with Crippen LogP contribution in [0.25, 0.3) is 0 Å². The number of hydrogen-bond acceptors (Lipinski definition) is 4. The number of nitrogens with zero attached hydrogens (tertiary/aromatic N) is 1. The molecule has 3 rings (SSSR count). The van der Waals surface area contributed by atoms with Gasteiger partial charge < -0.3 is 5.32 Å². The van der Waals surface area contributed by atoms with E-state index in [4.69, 9.17) is 0 Å². The number of fused-ring (bicyclic) bond motifs is 1. The largest absolute Gasteiger partial charge is 0.345 e. The van der Waals surface area contributed by atoms with E-state index in [1.165, 1.54) is 19.2 Å². The third-order valence-corrected chi connectivity index (χ3v) is 4.72. The van der Waals surface area contributed by atoms with Crippen LogP contribution in [0.5, 0.6) is 0 Å². The van der Waals surface area contributed by atoms with Crippen LogP contribution < -0.4 is 5.32 Å². The predicted octanol–water partition coefficient (Wildman–Crippen LogP) is 2.46. The zero-order chi connectivity index (χ0) is 15.9. The normalized spacial score (nSPS) is 14.9. The smallest absolute Gasteiger partial charge is 0.261 e. The van der Waals surface area contributed by atoms with Crippen molar-refractivity contribution in [1.82, 2.24) is 10.2 Å². The lowest BCUT2D eigenvalue weighted by Gasteiger charge is -2.12. The summed E-state index contributed by atoms with van der Waals surface area (Å²) in [5.41, 5.74) is 0.998. The zero-order valence-corrected chi connectivity index (χ0v) is 12.9. The molecule has 0 aliphatic carbocycles. The fourth-order valence-corrected chi connectivity index (χ4v) is 3.13. The number of amides is 3. The SMILES string of the molecule is C[C@@H](NC(=O)c1ccc2c(c1)C(=O)N(C)C2=O)c1cccs1. The Kier molecular flexibility index (Phi) is 3.54. The molecule has 0 saturated heterocycles. The van der Waals surface area contributed by atoms with Gasteiger partial charge in [-0.1, -0.05) is 6.07 Å². The fraction of sp³-hybridized carbons (Fsp3) is 0.188. The van der Waals surface area contributed by atoms with Crippen LogP contribution in [0.15, 0.2) is 35.7 Å². The molecule has 2 aromatic rings. The number of hydrogen-bond donors (Lipinski definition) is 1. The van der Waals surface area contributed by atoms with Gasteiger partial charge >= 0.3 is 0 Å². The number of carbonyl (C=O) groups excluding carboxylic acids is 3. The molecule has 112 valence electrons. The first-order valence-electron chi connectivity index (χ1n) is 6.79. The van der Waals surface area contributed by atoms with Gasteiger partial charge in [-0.05, 0) is 36.6 Å². The first-order valence-corrected chi connectivity index (χ1v) is 7.67. The van der Waals surface area contributed by atoms with Crippen molar-refractivity contribution >= 4 is 29.1 Å². The zero-order valence-electron chi connectivity index (χ0n) is 12.1. The van der Waals surface area contributed by atoms with Gasteiger partial charge in [0.05, 0.1) is 17.2 Å². The molecular formula is C16H14N2O3S. The van der Waals surface area contributed by atoms with Crippen molar-refractivity contribution in [1.29, 1.82) is 0 Å². The van der Waals surface area contributed by atoms with Crippen molar-refractivity contribution in [2.75, 3.05) is 7.05 Å². The van der Waals surface area contributed by atoms with Gasteiger partial charge in [0.1, 0.15) is 0 Å². The van der Waals surface area contributed by atoms with Crippen molar-refractivity contribution < 1.29 is 14.4 Å². The van der Waals surface area contributed by atoms with E-state index < -0.39 is 0 Å². The third-order valence-electron chi connectivity index (χ3n) is 3.67. The van der Waals surface area contributed by atoms with E-state index in [-0.39, 0.29) is 29.3 Å². The first kappa shape index (κ1) is 14.5. The lowest BCUT2D eigenvalue weighted by Crippen LogP contribution is -2.26. The number of rotatable bonds is 3. The van der Waals surface area contributed by atoms with Crippen LogP contribution in [-0.2, 0) is 0 Å². The van der Waals surface area contributed by atoms with Gasteiger partial charge in [-0.15, -0.1) is 11.3 Å². The van der Waals surface area contributed by atoms with Gasteiger partial charge in [-0.25, -0.2) is 0 Å². The Bertz CT molecular complexity index is 768. The molecule has 3 amide bonds. The molecule has 0 fully saturated rings. The van der Waals surface area contributed by atoms with E-state index in [0.717, 1.165) is 9.78 Å². The van der Waals surface area contributed by atoms with Crippen LogP contribution in [0.4, 0.5) is 0 Å². The second-order valence-electron chi connectivity index (χ2n) is 5.14. The average molecular weight is 314 g/mol. The van der Waals surface area contributed by atoms with Crippen LogP contribution in [-0.4, -0.2) is 29.7 Å². The van der Waals surface area contributed by atoms with E-state index in [2.05, 4.69) is 5.32 Å². The summed E-state index contributed by atoms with van der Waals surface area (Å²) >= 11 is 1.57. The van der Waals surface area contributed by atoms with Gasteiger partial charge in [0.2, 0.25) is 0 Å². The van der Waals surface area contributed by atoms with E-state index in [0.29, 0.717) is 11.1 Å². The highest BCUT2D eigenvalue weighted by atomic mass is 32.1. The standard InChI is InChI=1S/C16H14N2O3S/c1-9(13-4-3-7-22-13)17-14(19)10-5-6-11-12(8-10)16(21)18(2)15(11)20/h3-9H,1-2H3,(H,17,19)/t9-/m1/s1. The predicted molar refractivity (Wildman–Crippen MR) is 83.1 cm³/mol. The van der Waals surface area contributed by atoms with Gasteiger partial charge in [-0.2, -0.15) is 0 Å². The van der Waals surface area contributed by atoms with Gasteiger partial charge in [0, 0.05) is 17.5 Å². The quantitative estimate of drug-likeness (QED) is 0.885. The number of nitrogens with one attached hydrogen (secondary N) is 1. The van der Waals surface area contributed by atoms with Crippen LogP contribution in [0.2, 0.25) is 0 Å². The lowest BCUT2D eigenvalue weighted by molar-refractivity contribution is 0.0693. The molecule has 0 unspecified atom stereocenters. The first-order chi connectivity index (χ1) is 10.5. The minimum Gasteiger partial charge on any atom is -0.345 e. The molecule has 1 aromatic heterocycles. The average Bonchev–Trinajstić information content (AvgIpc) is 3.12.